The molecule has 0 amide bonds. The molecule has 4 heteroatoms. The molecule has 0 bridgehead atoms. The maximum Gasteiger partial charge on any atom is 0.336 e. The lowest BCUT2D eigenvalue weighted by Crippen LogP contribution is -2.11. The Labute approximate surface area is 80.6 Å². The Morgan fingerprint density at radius 2 is 2.08 bits per heavy atom. The fourth-order valence-electron chi connectivity index (χ4n) is 0.886. The van der Waals surface area contributed by atoms with E-state index in [0.29, 0.717) is 10.6 Å². The first kappa shape index (κ1) is 9.65. The van der Waals surface area contributed by atoms with Crippen LogP contribution in [0.3, 0.4) is 0 Å². The minimum absolute atomic E-state index is 0.0214. The van der Waals surface area contributed by atoms with E-state index in [1.165, 1.54) is 6.92 Å². The van der Waals surface area contributed by atoms with Gasteiger partial charge in [0.2, 0.25) is 0 Å². The topological polar surface area (TPSA) is 53.5 Å². The Hall–Kier alpha value is -1.44. The van der Waals surface area contributed by atoms with Crippen LogP contribution in [0.15, 0.2) is 24.3 Å². The molecule has 0 fully saturated rings. The number of ketones is 1. The van der Waals surface area contributed by atoms with E-state index in [9.17, 15) is 4.79 Å². The maximum atomic E-state index is 11.4. The Bertz CT molecular complexity index is 394. The van der Waals surface area contributed by atoms with Gasteiger partial charge < -0.3 is 5.53 Å². The summed E-state index contributed by atoms with van der Waals surface area (Å²) >= 11 is 5.76. The van der Waals surface area contributed by atoms with E-state index in [4.69, 9.17) is 17.1 Å². The van der Waals surface area contributed by atoms with Crippen LogP contribution in [0.25, 0.3) is 5.53 Å². The molecule has 66 valence electrons. The summed E-state index contributed by atoms with van der Waals surface area (Å²) in [5.74, 6) is -0.367. The first-order chi connectivity index (χ1) is 6.16. The number of carbonyl (C=O) groups excluding carboxylic acids is 1. The Balaban J connectivity index is 3.17. The normalized spacial score (nSPS) is 9.08. The van der Waals surface area contributed by atoms with Crippen molar-refractivity contribution < 1.29 is 9.58 Å². The number of rotatable bonds is 2. The molecule has 0 aliphatic rings. The molecule has 0 aromatic heterocycles. The number of benzene rings is 1. The first-order valence-electron chi connectivity index (χ1n) is 3.64. The standard InChI is InChI=1S/C9H7ClN2O/c1-6(12-11)9(13)7-4-2-3-5-8(7)10/h2-5H,1H3. The van der Waals surface area contributed by atoms with Gasteiger partial charge in [0.1, 0.15) is 0 Å². The highest BCUT2D eigenvalue weighted by Gasteiger charge is 2.18. The minimum Gasteiger partial charge on any atom is -0.361 e. The average Bonchev–Trinajstić information content (AvgIpc) is 2.16. The molecule has 0 aliphatic heterocycles. The summed E-state index contributed by atoms with van der Waals surface area (Å²) in [5.41, 5.74) is 8.75. The van der Waals surface area contributed by atoms with Crippen molar-refractivity contribution in [3.63, 3.8) is 0 Å². The number of hydrogen-bond donors (Lipinski definition) is 0. The lowest BCUT2D eigenvalue weighted by Gasteiger charge is -1.96. The predicted molar refractivity (Wildman–Crippen MR) is 50.1 cm³/mol. The number of carbonyl (C=O) groups is 1. The summed E-state index contributed by atoms with van der Waals surface area (Å²) in [4.78, 5) is 14.2. The fourth-order valence-corrected chi connectivity index (χ4v) is 1.11. The van der Waals surface area contributed by atoms with E-state index in [-0.39, 0.29) is 11.5 Å². The summed E-state index contributed by atoms with van der Waals surface area (Å²) in [6, 6.07) is 6.62. The third-order valence-electron chi connectivity index (χ3n) is 1.60. The van der Waals surface area contributed by atoms with Crippen molar-refractivity contribution in [2.24, 2.45) is 0 Å². The number of hydrogen-bond acceptors (Lipinski definition) is 1. The molecule has 0 saturated carbocycles. The molecule has 0 spiro atoms. The van der Waals surface area contributed by atoms with E-state index in [1.54, 1.807) is 24.3 Å². The van der Waals surface area contributed by atoms with Gasteiger partial charge in [0, 0.05) is 12.5 Å². The SMILES string of the molecule is CC(=[N+]=[N-])C(=O)c1ccccc1Cl. The van der Waals surface area contributed by atoms with E-state index in [2.05, 4.69) is 4.79 Å². The second-order valence-electron chi connectivity index (χ2n) is 2.49. The molecule has 0 radical (unpaired) electrons. The van der Waals surface area contributed by atoms with E-state index >= 15 is 0 Å². The molecule has 0 atom stereocenters. The Morgan fingerprint density at radius 3 is 2.62 bits per heavy atom. The van der Waals surface area contributed by atoms with Crippen LogP contribution in [0.2, 0.25) is 5.02 Å². The van der Waals surface area contributed by atoms with Crippen molar-refractivity contribution in [1.29, 1.82) is 0 Å². The van der Waals surface area contributed by atoms with Gasteiger partial charge >= 0.3 is 5.71 Å². The third-order valence-corrected chi connectivity index (χ3v) is 1.93. The minimum atomic E-state index is -0.367. The zero-order valence-corrected chi connectivity index (χ0v) is 7.75. The molecule has 0 N–H and O–H groups in total. The monoisotopic (exact) mass is 194 g/mol. The molecule has 0 heterocycles. The first-order valence-corrected chi connectivity index (χ1v) is 4.02. The van der Waals surface area contributed by atoms with Gasteiger partial charge in [-0.2, -0.15) is 4.79 Å². The van der Waals surface area contributed by atoms with Gasteiger partial charge in [-0.05, 0) is 12.1 Å². The van der Waals surface area contributed by atoms with Crippen LogP contribution < -0.4 is 0 Å². The Kier molecular flexibility index (Phi) is 2.96. The van der Waals surface area contributed by atoms with Crippen molar-refractivity contribution in [3.05, 3.63) is 40.4 Å². The van der Waals surface area contributed by atoms with Gasteiger partial charge in [-0.1, -0.05) is 23.7 Å². The Morgan fingerprint density at radius 1 is 1.46 bits per heavy atom. The van der Waals surface area contributed by atoms with Gasteiger partial charge in [0.05, 0.1) is 5.02 Å². The summed E-state index contributed by atoms with van der Waals surface area (Å²) in [6.45, 7) is 1.42. The highest BCUT2D eigenvalue weighted by atomic mass is 35.5. The molecule has 1 rings (SSSR count). The van der Waals surface area contributed by atoms with Crippen LogP contribution in [0.1, 0.15) is 17.3 Å². The van der Waals surface area contributed by atoms with Crippen LogP contribution >= 0.6 is 11.6 Å². The number of nitrogens with zero attached hydrogens (tertiary/aromatic N) is 2. The molecule has 1 aromatic rings. The average molecular weight is 195 g/mol. The van der Waals surface area contributed by atoms with Crippen molar-refractivity contribution in [3.8, 4) is 0 Å². The van der Waals surface area contributed by atoms with Crippen LogP contribution in [0.4, 0.5) is 0 Å². The molecular formula is C9H7ClN2O. The predicted octanol–water partition coefficient (Wildman–Crippen LogP) is 2.21. The van der Waals surface area contributed by atoms with Gasteiger partial charge in [-0.3, -0.25) is 4.79 Å². The van der Waals surface area contributed by atoms with Crippen molar-refractivity contribution in [1.82, 2.24) is 0 Å². The maximum absolute atomic E-state index is 11.4. The zero-order valence-electron chi connectivity index (χ0n) is 6.99. The van der Waals surface area contributed by atoms with E-state index in [1.807, 2.05) is 0 Å². The highest BCUT2D eigenvalue weighted by Crippen LogP contribution is 2.15. The van der Waals surface area contributed by atoms with Crippen molar-refractivity contribution >= 4 is 23.1 Å². The van der Waals surface area contributed by atoms with Crippen LogP contribution in [0.5, 0.6) is 0 Å². The summed E-state index contributed by atoms with van der Waals surface area (Å²) in [6.07, 6.45) is 0. The van der Waals surface area contributed by atoms with E-state index in [0.717, 1.165) is 0 Å². The molecule has 3 nitrogen and oxygen atoms in total. The van der Waals surface area contributed by atoms with E-state index < -0.39 is 0 Å². The summed E-state index contributed by atoms with van der Waals surface area (Å²) < 4.78 is 0. The molecule has 0 aliphatic carbocycles. The lowest BCUT2D eigenvalue weighted by atomic mass is 10.1. The second kappa shape index (κ2) is 3.99. The third kappa shape index (κ3) is 2.02. The van der Waals surface area contributed by atoms with Gasteiger partial charge in [0.15, 0.2) is 0 Å². The van der Waals surface area contributed by atoms with Crippen molar-refractivity contribution in [2.45, 2.75) is 6.92 Å². The van der Waals surface area contributed by atoms with Gasteiger partial charge in [0.25, 0.3) is 5.78 Å². The highest BCUT2D eigenvalue weighted by molar-refractivity contribution is 6.47. The van der Waals surface area contributed by atoms with Crippen LogP contribution in [-0.4, -0.2) is 16.3 Å². The number of Topliss-reactive ketones (excluding diaryl/α,β-unsaturated/α-hetero) is 1. The molecule has 0 saturated heterocycles. The molecular weight excluding hydrogens is 188 g/mol. The molecule has 0 unspecified atom stereocenters. The molecule has 13 heavy (non-hydrogen) atoms. The number of halogens is 1. The lowest BCUT2D eigenvalue weighted by molar-refractivity contribution is -0.00678. The van der Waals surface area contributed by atoms with Crippen molar-refractivity contribution in [2.75, 3.05) is 0 Å². The zero-order chi connectivity index (χ0) is 9.84. The van der Waals surface area contributed by atoms with Gasteiger partial charge in [-0.25, -0.2) is 0 Å². The quantitative estimate of drug-likeness (QED) is 0.308. The summed E-state index contributed by atoms with van der Waals surface area (Å²) in [7, 11) is 0. The van der Waals surface area contributed by atoms with Crippen LogP contribution in [0, 0.1) is 0 Å². The summed E-state index contributed by atoms with van der Waals surface area (Å²) in [5, 5.41) is 0.357. The smallest absolute Gasteiger partial charge is 0.336 e. The second-order valence-corrected chi connectivity index (χ2v) is 2.90. The molecule has 1 aromatic carbocycles. The fraction of sp³-hybridized carbons (Fsp3) is 0.111. The van der Waals surface area contributed by atoms with Gasteiger partial charge in [-0.15, -0.1) is 0 Å². The largest absolute Gasteiger partial charge is 0.361 e. The van der Waals surface area contributed by atoms with Crippen LogP contribution in [-0.2, 0) is 0 Å².